The summed E-state index contributed by atoms with van der Waals surface area (Å²) in [5.74, 6) is 0.216. The molecule has 2 heterocycles. The van der Waals surface area contributed by atoms with Crippen molar-refractivity contribution in [2.24, 2.45) is 0 Å². The fraction of sp³-hybridized carbons (Fsp3) is 0. The van der Waals surface area contributed by atoms with E-state index in [1.807, 2.05) is 30.3 Å². The lowest BCUT2D eigenvalue weighted by molar-refractivity contribution is 0.102. The number of amides is 1. The van der Waals surface area contributed by atoms with Crippen LogP contribution in [0.15, 0.2) is 67.0 Å². The highest BCUT2D eigenvalue weighted by molar-refractivity contribution is 6.02. The zero-order valence-electron chi connectivity index (χ0n) is 10.6. The zero-order chi connectivity index (χ0) is 13.8. The van der Waals surface area contributed by atoms with Gasteiger partial charge in [-0.3, -0.25) is 9.78 Å². The summed E-state index contributed by atoms with van der Waals surface area (Å²) in [6.07, 6.45) is 3.38. The van der Waals surface area contributed by atoms with Crippen LogP contribution in [0, 0.1) is 0 Å². The van der Waals surface area contributed by atoms with E-state index in [9.17, 15) is 4.79 Å². The van der Waals surface area contributed by atoms with Crippen LogP contribution in [0.3, 0.4) is 0 Å². The Labute approximate surface area is 115 Å². The van der Waals surface area contributed by atoms with Crippen LogP contribution >= 0.6 is 0 Å². The molecule has 2 aromatic heterocycles. The normalized spacial score (nSPS) is 10.2. The maximum absolute atomic E-state index is 11.9. The standard InChI is InChI=1S/C15H12N4O/c20-15(13-8-4-5-10-16-13)17-14-9-11-19(18-14)12-6-2-1-3-7-12/h1-11H,(H,17,18,20). The number of hydrogen-bond donors (Lipinski definition) is 1. The molecule has 1 aromatic carbocycles. The van der Waals surface area contributed by atoms with Crippen molar-refractivity contribution in [1.82, 2.24) is 14.8 Å². The van der Waals surface area contributed by atoms with Crippen LogP contribution in [-0.2, 0) is 0 Å². The highest BCUT2D eigenvalue weighted by Crippen LogP contribution is 2.10. The molecule has 1 amide bonds. The number of anilines is 1. The second kappa shape index (κ2) is 5.36. The van der Waals surface area contributed by atoms with Crippen molar-refractivity contribution in [3.63, 3.8) is 0 Å². The molecule has 0 radical (unpaired) electrons. The Morgan fingerprint density at radius 1 is 1.00 bits per heavy atom. The number of nitrogens with zero attached hydrogens (tertiary/aromatic N) is 3. The number of pyridine rings is 1. The number of aromatic nitrogens is 3. The predicted molar refractivity (Wildman–Crippen MR) is 75.8 cm³/mol. The third-order valence-corrected chi connectivity index (χ3v) is 2.75. The number of hydrogen-bond acceptors (Lipinski definition) is 3. The van der Waals surface area contributed by atoms with E-state index in [0.29, 0.717) is 11.5 Å². The van der Waals surface area contributed by atoms with E-state index in [1.165, 1.54) is 0 Å². The first kappa shape index (κ1) is 12.1. The van der Waals surface area contributed by atoms with Gasteiger partial charge >= 0.3 is 0 Å². The lowest BCUT2D eigenvalue weighted by Gasteiger charge is -2.01. The predicted octanol–water partition coefficient (Wildman–Crippen LogP) is 2.52. The summed E-state index contributed by atoms with van der Waals surface area (Å²) in [5.41, 5.74) is 1.30. The third kappa shape index (κ3) is 2.56. The van der Waals surface area contributed by atoms with E-state index in [1.54, 1.807) is 41.3 Å². The molecule has 5 nitrogen and oxygen atoms in total. The molecule has 0 saturated carbocycles. The number of benzene rings is 1. The second-order valence-electron chi connectivity index (χ2n) is 4.15. The monoisotopic (exact) mass is 264 g/mol. The van der Waals surface area contributed by atoms with Crippen molar-refractivity contribution in [2.75, 3.05) is 5.32 Å². The van der Waals surface area contributed by atoms with Crippen LogP contribution in [0.4, 0.5) is 5.82 Å². The molecule has 3 rings (SSSR count). The largest absolute Gasteiger partial charge is 0.304 e. The van der Waals surface area contributed by atoms with Crippen molar-refractivity contribution in [3.8, 4) is 5.69 Å². The lowest BCUT2D eigenvalue weighted by atomic mass is 10.3. The number of carbonyl (C=O) groups is 1. The maximum Gasteiger partial charge on any atom is 0.275 e. The van der Waals surface area contributed by atoms with Gasteiger partial charge in [-0.15, -0.1) is 0 Å². The summed E-state index contributed by atoms with van der Waals surface area (Å²) in [6, 6.07) is 16.6. The highest BCUT2D eigenvalue weighted by Gasteiger charge is 2.08. The molecule has 98 valence electrons. The van der Waals surface area contributed by atoms with Gasteiger partial charge in [0, 0.05) is 18.5 Å². The zero-order valence-corrected chi connectivity index (χ0v) is 10.6. The Bertz CT molecular complexity index is 707. The van der Waals surface area contributed by atoms with E-state index in [4.69, 9.17) is 0 Å². The molecule has 0 bridgehead atoms. The molecule has 0 aliphatic carbocycles. The van der Waals surface area contributed by atoms with Crippen LogP contribution in [0.5, 0.6) is 0 Å². The van der Waals surface area contributed by atoms with Gasteiger partial charge in [-0.1, -0.05) is 24.3 Å². The summed E-state index contributed by atoms with van der Waals surface area (Å²) in [5, 5.41) is 7.02. The van der Waals surface area contributed by atoms with Crippen molar-refractivity contribution in [1.29, 1.82) is 0 Å². The van der Waals surface area contributed by atoms with Gasteiger partial charge in [-0.05, 0) is 24.3 Å². The molecular formula is C15H12N4O. The molecule has 0 spiro atoms. The van der Waals surface area contributed by atoms with E-state index in [-0.39, 0.29) is 5.91 Å². The third-order valence-electron chi connectivity index (χ3n) is 2.75. The van der Waals surface area contributed by atoms with Gasteiger partial charge < -0.3 is 5.32 Å². The van der Waals surface area contributed by atoms with Crippen LogP contribution in [-0.4, -0.2) is 20.7 Å². The fourth-order valence-corrected chi connectivity index (χ4v) is 1.79. The topological polar surface area (TPSA) is 59.8 Å². The molecule has 0 saturated heterocycles. The van der Waals surface area contributed by atoms with Gasteiger partial charge in [0.1, 0.15) is 5.69 Å². The van der Waals surface area contributed by atoms with Crippen molar-refractivity contribution in [3.05, 3.63) is 72.7 Å². The summed E-state index contributed by atoms with van der Waals surface area (Å²) in [6.45, 7) is 0. The molecule has 0 atom stereocenters. The van der Waals surface area contributed by atoms with Gasteiger partial charge in [-0.25, -0.2) is 4.68 Å². The van der Waals surface area contributed by atoms with Gasteiger partial charge in [0.05, 0.1) is 5.69 Å². The maximum atomic E-state index is 11.9. The fourth-order valence-electron chi connectivity index (χ4n) is 1.79. The Balaban J connectivity index is 1.77. The molecule has 20 heavy (non-hydrogen) atoms. The molecule has 0 aliphatic heterocycles. The number of para-hydroxylation sites is 1. The van der Waals surface area contributed by atoms with E-state index in [2.05, 4.69) is 15.4 Å². The van der Waals surface area contributed by atoms with E-state index in [0.717, 1.165) is 5.69 Å². The van der Waals surface area contributed by atoms with Gasteiger partial charge in [0.25, 0.3) is 5.91 Å². The first-order valence-electron chi connectivity index (χ1n) is 6.16. The number of nitrogens with one attached hydrogen (secondary N) is 1. The molecular weight excluding hydrogens is 252 g/mol. The van der Waals surface area contributed by atoms with Gasteiger partial charge in [-0.2, -0.15) is 5.10 Å². The van der Waals surface area contributed by atoms with Gasteiger partial charge in [0.15, 0.2) is 5.82 Å². The number of rotatable bonds is 3. The molecule has 3 aromatic rings. The summed E-state index contributed by atoms with van der Waals surface area (Å²) < 4.78 is 1.70. The molecule has 5 heteroatoms. The Hall–Kier alpha value is -2.95. The van der Waals surface area contributed by atoms with E-state index >= 15 is 0 Å². The van der Waals surface area contributed by atoms with Crippen LogP contribution in [0.1, 0.15) is 10.5 Å². The average molecular weight is 264 g/mol. The minimum Gasteiger partial charge on any atom is -0.304 e. The van der Waals surface area contributed by atoms with Crippen molar-refractivity contribution < 1.29 is 4.79 Å². The second-order valence-corrected chi connectivity index (χ2v) is 4.15. The quantitative estimate of drug-likeness (QED) is 0.790. The van der Waals surface area contributed by atoms with Gasteiger partial charge in [0.2, 0.25) is 0 Å². The Morgan fingerprint density at radius 3 is 2.55 bits per heavy atom. The molecule has 0 unspecified atom stereocenters. The molecule has 1 N–H and O–H groups in total. The average Bonchev–Trinajstić information content (AvgIpc) is 2.97. The van der Waals surface area contributed by atoms with Crippen molar-refractivity contribution >= 4 is 11.7 Å². The smallest absolute Gasteiger partial charge is 0.275 e. The van der Waals surface area contributed by atoms with Crippen molar-refractivity contribution in [2.45, 2.75) is 0 Å². The Morgan fingerprint density at radius 2 is 1.80 bits per heavy atom. The molecule has 0 fully saturated rings. The first-order chi connectivity index (χ1) is 9.83. The van der Waals surface area contributed by atoms with E-state index < -0.39 is 0 Å². The summed E-state index contributed by atoms with van der Waals surface area (Å²) >= 11 is 0. The van der Waals surface area contributed by atoms with Crippen LogP contribution in [0.2, 0.25) is 0 Å². The summed E-state index contributed by atoms with van der Waals surface area (Å²) in [4.78, 5) is 15.9. The SMILES string of the molecule is O=C(Nc1ccn(-c2ccccc2)n1)c1ccccn1. The minimum atomic E-state index is -0.274. The molecule has 0 aliphatic rings. The Kier molecular flexibility index (Phi) is 3.24. The number of carbonyl (C=O) groups excluding carboxylic acids is 1. The first-order valence-corrected chi connectivity index (χ1v) is 6.16. The van der Waals surface area contributed by atoms with Crippen LogP contribution < -0.4 is 5.32 Å². The lowest BCUT2D eigenvalue weighted by Crippen LogP contribution is -2.13. The summed E-state index contributed by atoms with van der Waals surface area (Å²) in [7, 11) is 0. The van der Waals surface area contributed by atoms with Crippen LogP contribution in [0.25, 0.3) is 5.69 Å². The minimum absolute atomic E-state index is 0.274. The highest BCUT2D eigenvalue weighted by atomic mass is 16.1.